The third-order valence-electron chi connectivity index (χ3n) is 6.32. The Bertz CT molecular complexity index is 600. The zero-order chi connectivity index (χ0) is 18.8. The molecule has 3 aliphatic rings. The first-order valence-corrected chi connectivity index (χ1v) is 11.5. The number of hydrogen-bond acceptors (Lipinski definition) is 5. The maximum atomic E-state index is 12.8. The minimum atomic E-state index is -3.26. The highest BCUT2D eigenvalue weighted by Gasteiger charge is 2.40. The molecule has 158 valence electrons. The van der Waals surface area contributed by atoms with Crippen LogP contribution < -0.4 is 11.1 Å². The summed E-state index contributed by atoms with van der Waals surface area (Å²) in [7, 11) is -3.26. The van der Waals surface area contributed by atoms with Gasteiger partial charge in [0.05, 0.1) is 11.2 Å². The number of carbonyl (C=O) groups is 1. The van der Waals surface area contributed by atoms with Crippen molar-refractivity contribution in [3.05, 3.63) is 0 Å². The average molecular weight is 424 g/mol. The van der Waals surface area contributed by atoms with Gasteiger partial charge in [-0.3, -0.25) is 4.79 Å². The van der Waals surface area contributed by atoms with Crippen molar-refractivity contribution >= 4 is 28.3 Å². The van der Waals surface area contributed by atoms with Crippen LogP contribution in [0.25, 0.3) is 0 Å². The van der Waals surface area contributed by atoms with Crippen molar-refractivity contribution in [1.82, 2.24) is 9.62 Å². The van der Waals surface area contributed by atoms with E-state index < -0.39 is 15.6 Å². The van der Waals surface area contributed by atoms with E-state index in [-0.39, 0.29) is 35.5 Å². The van der Waals surface area contributed by atoms with Gasteiger partial charge in [-0.05, 0) is 45.4 Å². The second-order valence-corrected chi connectivity index (χ2v) is 10.6. The summed E-state index contributed by atoms with van der Waals surface area (Å²) in [5, 5.41) is 2.82. The van der Waals surface area contributed by atoms with Gasteiger partial charge in [-0.2, -0.15) is 0 Å². The number of piperidine rings is 1. The lowest BCUT2D eigenvalue weighted by molar-refractivity contribution is -0.129. The Balaban J connectivity index is 0.00000261. The lowest BCUT2D eigenvalue weighted by Gasteiger charge is -2.39. The summed E-state index contributed by atoms with van der Waals surface area (Å²) < 4.78 is 32.4. The zero-order valence-corrected chi connectivity index (χ0v) is 17.8. The molecule has 9 heteroatoms. The smallest absolute Gasteiger partial charge is 0.225 e. The highest BCUT2D eigenvalue weighted by molar-refractivity contribution is 7.89. The van der Waals surface area contributed by atoms with Gasteiger partial charge in [0.25, 0.3) is 0 Å². The highest BCUT2D eigenvalue weighted by Crippen LogP contribution is 2.32. The summed E-state index contributed by atoms with van der Waals surface area (Å²) in [5.74, 6) is -0.0966. The van der Waals surface area contributed by atoms with Gasteiger partial charge in [-0.25, -0.2) is 12.7 Å². The zero-order valence-electron chi connectivity index (χ0n) is 16.2. The van der Waals surface area contributed by atoms with Crippen LogP contribution in [0.15, 0.2) is 0 Å². The number of hydrogen-bond donors (Lipinski definition) is 2. The summed E-state index contributed by atoms with van der Waals surface area (Å²) >= 11 is 0. The predicted molar refractivity (Wildman–Crippen MR) is 107 cm³/mol. The molecular weight excluding hydrogens is 390 g/mol. The van der Waals surface area contributed by atoms with Gasteiger partial charge < -0.3 is 15.8 Å². The molecule has 0 spiro atoms. The SMILES string of the molecule is CC1(N)CCCCC1C(=O)NC1CCN(S(=O)(=O)C2CCOCC2)CC1.Cl. The van der Waals surface area contributed by atoms with Gasteiger partial charge in [0.1, 0.15) is 0 Å². The summed E-state index contributed by atoms with van der Waals surface area (Å²) in [6.07, 6.45) is 6.35. The van der Waals surface area contributed by atoms with Crippen LogP contribution in [0.1, 0.15) is 58.3 Å². The first-order chi connectivity index (χ1) is 12.3. The summed E-state index contributed by atoms with van der Waals surface area (Å²) in [6, 6.07) is 0.0429. The average Bonchev–Trinajstić information content (AvgIpc) is 2.62. The molecule has 2 heterocycles. The Labute approximate surface area is 169 Å². The molecule has 2 unspecified atom stereocenters. The molecule has 1 aliphatic carbocycles. The van der Waals surface area contributed by atoms with Gasteiger partial charge >= 0.3 is 0 Å². The molecule has 3 N–H and O–H groups in total. The van der Waals surface area contributed by atoms with Crippen LogP contribution in [0.3, 0.4) is 0 Å². The predicted octanol–water partition coefficient (Wildman–Crippen LogP) is 1.41. The van der Waals surface area contributed by atoms with Crippen molar-refractivity contribution in [3.8, 4) is 0 Å². The molecule has 0 aromatic carbocycles. The molecule has 1 amide bonds. The lowest BCUT2D eigenvalue weighted by Crippen LogP contribution is -2.56. The van der Waals surface area contributed by atoms with Crippen molar-refractivity contribution in [2.75, 3.05) is 26.3 Å². The number of halogens is 1. The van der Waals surface area contributed by atoms with Crippen molar-refractivity contribution in [2.24, 2.45) is 11.7 Å². The fraction of sp³-hybridized carbons (Fsp3) is 0.944. The number of amides is 1. The Morgan fingerprint density at radius 3 is 2.33 bits per heavy atom. The van der Waals surface area contributed by atoms with Gasteiger partial charge in [0.15, 0.2) is 0 Å². The normalized spacial score (nSPS) is 31.9. The fourth-order valence-electron chi connectivity index (χ4n) is 4.53. The molecule has 3 fully saturated rings. The highest BCUT2D eigenvalue weighted by atomic mass is 35.5. The monoisotopic (exact) mass is 423 g/mol. The van der Waals surface area contributed by atoms with Crippen LogP contribution in [0, 0.1) is 5.92 Å². The maximum absolute atomic E-state index is 12.8. The summed E-state index contributed by atoms with van der Waals surface area (Å²) in [6.45, 7) is 3.98. The number of nitrogens with zero attached hydrogens (tertiary/aromatic N) is 1. The number of sulfonamides is 1. The van der Waals surface area contributed by atoms with Crippen molar-refractivity contribution in [1.29, 1.82) is 0 Å². The summed E-state index contributed by atoms with van der Waals surface area (Å²) in [4.78, 5) is 12.7. The number of carbonyl (C=O) groups excluding carboxylic acids is 1. The molecule has 2 atom stereocenters. The third kappa shape index (κ3) is 5.35. The largest absolute Gasteiger partial charge is 0.381 e. The standard InChI is InChI=1S/C18H33N3O4S.ClH/c1-18(19)9-3-2-4-16(18)17(22)20-14-5-10-21(11-6-14)26(23,24)15-7-12-25-13-8-15;/h14-16H,2-13,19H2,1H3,(H,20,22);1H. The Hall–Kier alpha value is -0.410. The van der Waals surface area contributed by atoms with Gasteiger partial charge in [-0.15, -0.1) is 12.4 Å². The molecule has 27 heavy (non-hydrogen) atoms. The van der Waals surface area contributed by atoms with E-state index in [1.54, 1.807) is 4.31 Å². The van der Waals surface area contributed by atoms with E-state index >= 15 is 0 Å². The number of nitrogens with one attached hydrogen (secondary N) is 1. The topological polar surface area (TPSA) is 102 Å². The first kappa shape index (κ1) is 22.9. The van der Waals surface area contributed by atoms with Crippen LogP contribution in [0.4, 0.5) is 0 Å². The van der Waals surface area contributed by atoms with Crippen LogP contribution in [0.2, 0.25) is 0 Å². The Kier molecular flexibility index (Phi) is 7.96. The van der Waals surface area contributed by atoms with Gasteiger partial charge in [-0.1, -0.05) is 12.8 Å². The molecule has 7 nitrogen and oxygen atoms in total. The quantitative estimate of drug-likeness (QED) is 0.711. The van der Waals surface area contributed by atoms with E-state index in [4.69, 9.17) is 10.5 Å². The molecular formula is C18H34ClN3O4S. The van der Waals surface area contributed by atoms with Crippen LogP contribution in [-0.4, -0.2) is 61.8 Å². The number of nitrogens with two attached hydrogens (primary N) is 1. The molecule has 2 saturated heterocycles. The van der Waals surface area contributed by atoms with Crippen LogP contribution in [0.5, 0.6) is 0 Å². The second kappa shape index (κ2) is 9.39. The maximum Gasteiger partial charge on any atom is 0.225 e. The molecule has 3 rings (SSSR count). The summed E-state index contributed by atoms with van der Waals surface area (Å²) in [5.41, 5.74) is 5.90. The minimum Gasteiger partial charge on any atom is -0.381 e. The van der Waals surface area contributed by atoms with Crippen molar-refractivity contribution in [3.63, 3.8) is 0 Å². The second-order valence-electron chi connectivity index (χ2n) is 8.34. The van der Waals surface area contributed by atoms with Crippen molar-refractivity contribution < 1.29 is 17.9 Å². The number of ether oxygens (including phenoxy) is 1. The minimum absolute atomic E-state index is 0. The van der Waals surface area contributed by atoms with E-state index in [0.29, 0.717) is 52.0 Å². The molecule has 0 bridgehead atoms. The molecule has 2 aliphatic heterocycles. The lowest BCUT2D eigenvalue weighted by atomic mass is 9.74. The molecule has 1 saturated carbocycles. The molecule has 0 aromatic rings. The van der Waals surface area contributed by atoms with E-state index in [1.807, 2.05) is 6.92 Å². The molecule has 0 aromatic heterocycles. The molecule has 0 radical (unpaired) electrons. The van der Waals surface area contributed by atoms with E-state index in [1.165, 1.54) is 0 Å². The van der Waals surface area contributed by atoms with Crippen molar-refractivity contribution in [2.45, 2.75) is 75.1 Å². The van der Waals surface area contributed by atoms with Gasteiger partial charge in [0, 0.05) is 37.9 Å². The van der Waals surface area contributed by atoms with Gasteiger partial charge in [0.2, 0.25) is 15.9 Å². The van der Waals surface area contributed by atoms with Crippen LogP contribution in [-0.2, 0) is 19.6 Å². The van der Waals surface area contributed by atoms with Crippen LogP contribution >= 0.6 is 12.4 Å². The third-order valence-corrected chi connectivity index (χ3v) is 8.72. The fourth-order valence-corrected chi connectivity index (χ4v) is 6.46. The number of rotatable bonds is 4. The van der Waals surface area contributed by atoms with E-state index in [2.05, 4.69) is 5.32 Å². The Morgan fingerprint density at radius 2 is 1.74 bits per heavy atom. The first-order valence-electron chi connectivity index (χ1n) is 9.97. The van der Waals surface area contributed by atoms with E-state index in [0.717, 1.165) is 25.7 Å². The van der Waals surface area contributed by atoms with E-state index in [9.17, 15) is 13.2 Å². The Morgan fingerprint density at radius 1 is 1.11 bits per heavy atom.